The highest BCUT2D eigenvalue weighted by atomic mass is 32.1. The van der Waals surface area contributed by atoms with Crippen LogP contribution >= 0.6 is 11.3 Å². The Labute approximate surface area is 112 Å². The molecule has 2 aromatic rings. The van der Waals surface area contributed by atoms with E-state index in [1.54, 1.807) is 23.7 Å². The molecule has 0 fully saturated rings. The fraction of sp³-hybridized carbons (Fsp3) is 0.462. The fourth-order valence-corrected chi connectivity index (χ4v) is 2.79. The van der Waals surface area contributed by atoms with Crippen LogP contribution < -0.4 is 5.32 Å². The van der Waals surface area contributed by atoms with Gasteiger partial charge in [-0.15, -0.1) is 11.3 Å². The molecular formula is C13H18N4S. The lowest BCUT2D eigenvalue weighted by molar-refractivity contribution is 0.946. The molecule has 0 bridgehead atoms. The molecule has 1 N–H and O–H groups in total. The van der Waals surface area contributed by atoms with E-state index in [1.807, 2.05) is 6.92 Å². The van der Waals surface area contributed by atoms with Crippen molar-refractivity contribution in [2.45, 2.75) is 33.6 Å². The van der Waals surface area contributed by atoms with Gasteiger partial charge < -0.3 is 5.32 Å². The Morgan fingerprint density at radius 1 is 1.22 bits per heavy atom. The maximum atomic E-state index is 4.62. The maximum Gasteiger partial charge on any atom is 0.144 e. The van der Waals surface area contributed by atoms with Gasteiger partial charge in [-0.3, -0.25) is 4.98 Å². The Morgan fingerprint density at radius 2 is 2.06 bits per heavy atom. The smallest absolute Gasteiger partial charge is 0.144 e. The summed E-state index contributed by atoms with van der Waals surface area (Å²) in [4.78, 5) is 14.4. The molecule has 2 aromatic heterocycles. The van der Waals surface area contributed by atoms with Gasteiger partial charge in [-0.25, -0.2) is 9.97 Å². The molecule has 0 saturated heterocycles. The monoisotopic (exact) mass is 262 g/mol. The summed E-state index contributed by atoms with van der Waals surface area (Å²) >= 11 is 1.79. The zero-order valence-electron chi connectivity index (χ0n) is 11.0. The minimum atomic E-state index is 0.832. The second-order valence-corrected chi connectivity index (χ2v) is 5.47. The molecule has 2 rings (SSSR count). The number of rotatable bonds is 5. The number of hydrogen-bond acceptors (Lipinski definition) is 5. The number of aryl methyl sites for hydroxylation is 3. The third-order valence-electron chi connectivity index (χ3n) is 2.67. The van der Waals surface area contributed by atoms with E-state index in [0.717, 1.165) is 30.9 Å². The van der Waals surface area contributed by atoms with E-state index >= 15 is 0 Å². The minimum Gasteiger partial charge on any atom is -0.368 e. The summed E-state index contributed by atoms with van der Waals surface area (Å²) in [5.41, 5.74) is 2.16. The summed E-state index contributed by atoms with van der Waals surface area (Å²) in [6.45, 7) is 7.07. The highest BCUT2D eigenvalue weighted by Crippen LogP contribution is 2.18. The van der Waals surface area contributed by atoms with Crippen LogP contribution in [0.2, 0.25) is 0 Å². The van der Waals surface area contributed by atoms with Crippen molar-refractivity contribution in [2.75, 3.05) is 11.9 Å². The molecule has 2 heterocycles. The summed E-state index contributed by atoms with van der Waals surface area (Å²) in [5.74, 6) is 0.832. The molecule has 0 amide bonds. The molecule has 96 valence electrons. The van der Waals surface area contributed by atoms with Gasteiger partial charge in [0.25, 0.3) is 0 Å². The molecule has 0 radical (unpaired) electrons. The minimum absolute atomic E-state index is 0.832. The van der Waals surface area contributed by atoms with Crippen LogP contribution in [0.3, 0.4) is 0 Å². The van der Waals surface area contributed by atoms with Gasteiger partial charge in [-0.1, -0.05) is 6.92 Å². The number of nitrogens with one attached hydrogen (secondary N) is 1. The SMILES string of the molecule is CCc1nc(CCNc2cncc(C)n2)sc1C. The summed E-state index contributed by atoms with van der Waals surface area (Å²) in [6.07, 6.45) is 5.45. The van der Waals surface area contributed by atoms with Crippen molar-refractivity contribution in [1.29, 1.82) is 0 Å². The molecule has 0 spiro atoms. The van der Waals surface area contributed by atoms with E-state index < -0.39 is 0 Å². The Balaban J connectivity index is 1.88. The van der Waals surface area contributed by atoms with E-state index in [2.05, 4.69) is 34.1 Å². The zero-order chi connectivity index (χ0) is 13.0. The van der Waals surface area contributed by atoms with Crippen LogP contribution in [-0.2, 0) is 12.8 Å². The van der Waals surface area contributed by atoms with Crippen LogP contribution in [-0.4, -0.2) is 21.5 Å². The van der Waals surface area contributed by atoms with Crippen molar-refractivity contribution in [3.63, 3.8) is 0 Å². The van der Waals surface area contributed by atoms with E-state index in [1.165, 1.54) is 15.6 Å². The predicted octanol–water partition coefficient (Wildman–Crippen LogP) is 2.77. The maximum absolute atomic E-state index is 4.62. The Morgan fingerprint density at radius 3 is 2.72 bits per heavy atom. The van der Waals surface area contributed by atoms with Crippen molar-refractivity contribution in [2.24, 2.45) is 0 Å². The number of nitrogens with zero attached hydrogens (tertiary/aromatic N) is 3. The second-order valence-electron chi connectivity index (χ2n) is 4.19. The van der Waals surface area contributed by atoms with Crippen LogP contribution in [0.15, 0.2) is 12.4 Å². The third-order valence-corrected chi connectivity index (χ3v) is 3.74. The first-order valence-electron chi connectivity index (χ1n) is 6.16. The highest BCUT2D eigenvalue weighted by molar-refractivity contribution is 7.11. The Kier molecular flexibility index (Phi) is 4.25. The largest absolute Gasteiger partial charge is 0.368 e. The Hall–Kier alpha value is -1.49. The van der Waals surface area contributed by atoms with Crippen LogP contribution in [0.1, 0.15) is 28.2 Å². The third kappa shape index (κ3) is 3.26. The van der Waals surface area contributed by atoms with Crippen molar-refractivity contribution in [3.05, 3.63) is 33.7 Å². The summed E-state index contributed by atoms with van der Waals surface area (Å²) in [5, 5.41) is 4.47. The van der Waals surface area contributed by atoms with Crippen molar-refractivity contribution < 1.29 is 0 Å². The first-order valence-corrected chi connectivity index (χ1v) is 6.98. The average molecular weight is 262 g/mol. The van der Waals surface area contributed by atoms with Crippen LogP contribution in [0.25, 0.3) is 0 Å². The van der Waals surface area contributed by atoms with Gasteiger partial charge in [-0.2, -0.15) is 0 Å². The predicted molar refractivity (Wildman–Crippen MR) is 75.2 cm³/mol. The first kappa shape index (κ1) is 13.0. The quantitative estimate of drug-likeness (QED) is 0.900. The number of anilines is 1. The highest BCUT2D eigenvalue weighted by Gasteiger charge is 2.05. The van der Waals surface area contributed by atoms with Gasteiger partial charge in [0.2, 0.25) is 0 Å². The molecule has 0 aromatic carbocycles. The Bertz CT molecular complexity index is 521. The molecule has 0 saturated carbocycles. The van der Waals surface area contributed by atoms with Crippen molar-refractivity contribution >= 4 is 17.2 Å². The fourth-order valence-electron chi connectivity index (χ4n) is 1.77. The molecule has 0 aliphatic heterocycles. The van der Waals surface area contributed by atoms with Crippen molar-refractivity contribution in [3.8, 4) is 0 Å². The summed E-state index contributed by atoms with van der Waals surface area (Å²) in [6, 6.07) is 0. The lowest BCUT2D eigenvalue weighted by atomic mass is 10.3. The molecule has 18 heavy (non-hydrogen) atoms. The normalized spacial score (nSPS) is 10.6. The summed E-state index contributed by atoms with van der Waals surface area (Å²) < 4.78 is 0. The number of thiazole rings is 1. The standard InChI is InChI=1S/C13H18N4S/c1-4-11-10(3)18-13(17-11)5-6-15-12-8-14-7-9(2)16-12/h7-8H,4-6H2,1-3H3,(H,15,16). The molecule has 0 atom stereocenters. The van der Waals surface area contributed by atoms with Crippen LogP contribution in [0.5, 0.6) is 0 Å². The topological polar surface area (TPSA) is 50.7 Å². The van der Waals surface area contributed by atoms with E-state index in [9.17, 15) is 0 Å². The van der Waals surface area contributed by atoms with E-state index in [4.69, 9.17) is 0 Å². The average Bonchev–Trinajstić information content (AvgIpc) is 2.70. The number of aromatic nitrogens is 3. The van der Waals surface area contributed by atoms with Gasteiger partial charge in [0.15, 0.2) is 0 Å². The number of hydrogen-bond donors (Lipinski definition) is 1. The van der Waals surface area contributed by atoms with Gasteiger partial charge in [-0.05, 0) is 20.3 Å². The lowest BCUT2D eigenvalue weighted by Gasteiger charge is -2.03. The molecule has 0 unspecified atom stereocenters. The van der Waals surface area contributed by atoms with Gasteiger partial charge >= 0.3 is 0 Å². The van der Waals surface area contributed by atoms with Gasteiger partial charge in [0, 0.05) is 24.0 Å². The molecule has 0 aliphatic carbocycles. The van der Waals surface area contributed by atoms with Crippen LogP contribution in [0.4, 0.5) is 5.82 Å². The van der Waals surface area contributed by atoms with E-state index in [0.29, 0.717) is 0 Å². The van der Waals surface area contributed by atoms with E-state index in [-0.39, 0.29) is 0 Å². The molecule has 5 heteroatoms. The second kappa shape index (κ2) is 5.91. The van der Waals surface area contributed by atoms with Gasteiger partial charge in [0.05, 0.1) is 22.6 Å². The summed E-state index contributed by atoms with van der Waals surface area (Å²) in [7, 11) is 0. The lowest BCUT2D eigenvalue weighted by Crippen LogP contribution is -2.07. The molecule has 0 aliphatic rings. The van der Waals surface area contributed by atoms with Crippen LogP contribution in [0, 0.1) is 13.8 Å². The molecule has 4 nitrogen and oxygen atoms in total. The molecular weight excluding hydrogens is 244 g/mol. The van der Waals surface area contributed by atoms with Crippen molar-refractivity contribution in [1.82, 2.24) is 15.0 Å². The van der Waals surface area contributed by atoms with Gasteiger partial charge in [0.1, 0.15) is 5.82 Å². The first-order chi connectivity index (χ1) is 8.69. The zero-order valence-corrected chi connectivity index (χ0v) is 11.8.